The largest absolute Gasteiger partial charge is 0.496 e. The summed E-state index contributed by atoms with van der Waals surface area (Å²) in [7, 11) is -2.89. The SMILES string of the molecule is COc1ccc(NC(=O)COC(=O)CCNS(=O)(=O)c2ccc(F)c(F)c2)c([N+](=O)[O-])c1. The summed E-state index contributed by atoms with van der Waals surface area (Å²) in [5.74, 6) is -4.18. The van der Waals surface area contributed by atoms with E-state index in [2.05, 4.69) is 10.1 Å². The second kappa shape index (κ2) is 10.6. The minimum atomic E-state index is -4.20. The molecule has 0 saturated heterocycles. The van der Waals surface area contributed by atoms with Gasteiger partial charge in [-0.1, -0.05) is 0 Å². The van der Waals surface area contributed by atoms with Crippen molar-refractivity contribution in [3.05, 3.63) is 58.1 Å². The summed E-state index contributed by atoms with van der Waals surface area (Å²) in [5.41, 5.74) is -0.577. The number of nitro benzene ring substituents is 1. The number of benzene rings is 2. The summed E-state index contributed by atoms with van der Waals surface area (Å²) in [6.45, 7) is -1.22. The van der Waals surface area contributed by atoms with Gasteiger partial charge in [-0.3, -0.25) is 19.7 Å². The van der Waals surface area contributed by atoms with E-state index in [4.69, 9.17) is 4.74 Å². The molecule has 0 aliphatic carbocycles. The minimum absolute atomic E-state index is 0.142. The lowest BCUT2D eigenvalue weighted by Gasteiger charge is -2.09. The van der Waals surface area contributed by atoms with E-state index in [1.165, 1.54) is 19.2 Å². The maximum absolute atomic E-state index is 13.2. The van der Waals surface area contributed by atoms with Gasteiger partial charge in [0, 0.05) is 6.54 Å². The Balaban J connectivity index is 1.84. The van der Waals surface area contributed by atoms with Gasteiger partial charge >= 0.3 is 5.97 Å². The summed E-state index contributed by atoms with van der Waals surface area (Å²) in [6.07, 6.45) is -0.473. The number of anilines is 1. The summed E-state index contributed by atoms with van der Waals surface area (Å²) < 4.78 is 61.6. The van der Waals surface area contributed by atoms with E-state index in [9.17, 15) is 36.9 Å². The lowest BCUT2D eigenvalue weighted by atomic mass is 10.2. The Morgan fingerprint density at radius 2 is 1.84 bits per heavy atom. The average Bonchev–Trinajstić information content (AvgIpc) is 2.74. The van der Waals surface area contributed by atoms with Crippen molar-refractivity contribution in [2.24, 2.45) is 0 Å². The van der Waals surface area contributed by atoms with E-state index in [0.29, 0.717) is 12.1 Å². The number of nitrogens with zero attached hydrogens (tertiary/aromatic N) is 1. The van der Waals surface area contributed by atoms with Crippen LogP contribution in [0.1, 0.15) is 6.42 Å². The fourth-order valence-electron chi connectivity index (χ4n) is 2.31. The fourth-order valence-corrected chi connectivity index (χ4v) is 3.36. The van der Waals surface area contributed by atoms with Gasteiger partial charge in [0.1, 0.15) is 11.4 Å². The van der Waals surface area contributed by atoms with Gasteiger partial charge in [0.15, 0.2) is 18.2 Å². The minimum Gasteiger partial charge on any atom is -0.496 e. The monoisotopic (exact) mass is 473 g/mol. The number of carbonyl (C=O) groups is 2. The third kappa shape index (κ3) is 6.68. The van der Waals surface area contributed by atoms with E-state index < -0.39 is 68.6 Å². The second-order valence-electron chi connectivity index (χ2n) is 6.07. The summed E-state index contributed by atoms with van der Waals surface area (Å²) in [6, 6.07) is 5.70. The second-order valence-corrected chi connectivity index (χ2v) is 7.84. The molecule has 2 aromatic carbocycles. The van der Waals surface area contributed by atoms with Crippen LogP contribution in [0.25, 0.3) is 0 Å². The van der Waals surface area contributed by atoms with Crippen LogP contribution in [0.5, 0.6) is 5.75 Å². The Hall–Kier alpha value is -3.65. The number of halogens is 2. The maximum atomic E-state index is 13.2. The molecule has 32 heavy (non-hydrogen) atoms. The number of amides is 1. The zero-order valence-electron chi connectivity index (χ0n) is 16.5. The number of rotatable bonds is 10. The van der Waals surface area contributed by atoms with Crippen molar-refractivity contribution in [3.63, 3.8) is 0 Å². The Labute approximate surface area is 180 Å². The molecule has 1 amide bonds. The summed E-state index contributed by atoms with van der Waals surface area (Å²) in [4.78, 5) is 33.4. The Morgan fingerprint density at radius 1 is 1.12 bits per heavy atom. The molecule has 0 aliphatic heterocycles. The predicted octanol–water partition coefficient (Wildman–Crippen LogP) is 1.73. The molecule has 0 saturated carbocycles. The van der Waals surface area contributed by atoms with E-state index in [-0.39, 0.29) is 11.4 Å². The molecule has 14 heteroatoms. The van der Waals surface area contributed by atoms with Crippen molar-refractivity contribution >= 4 is 33.3 Å². The number of esters is 1. The van der Waals surface area contributed by atoms with Crippen LogP contribution < -0.4 is 14.8 Å². The van der Waals surface area contributed by atoms with Crippen molar-refractivity contribution in [2.75, 3.05) is 25.6 Å². The highest BCUT2D eigenvalue weighted by molar-refractivity contribution is 7.89. The molecule has 0 radical (unpaired) electrons. The lowest BCUT2D eigenvalue weighted by Crippen LogP contribution is -2.28. The molecular weight excluding hydrogens is 456 g/mol. The molecule has 0 aromatic heterocycles. The third-order valence-corrected chi connectivity index (χ3v) is 5.32. The third-order valence-electron chi connectivity index (χ3n) is 3.86. The lowest BCUT2D eigenvalue weighted by molar-refractivity contribution is -0.384. The van der Waals surface area contributed by atoms with Gasteiger partial charge in [-0.2, -0.15) is 0 Å². The van der Waals surface area contributed by atoms with Crippen molar-refractivity contribution in [1.29, 1.82) is 0 Å². The van der Waals surface area contributed by atoms with E-state index in [1.54, 1.807) is 0 Å². The van der Waals surface area contributed by atoms with Gasteiger partial charge in [0.05, 0.1) is 29.4 Å². The quantitative estimate of drug-likeness (QED) is 0.300. The van der Waals surface area contributed by atoms with Gasteiger partial charge < -0.3 is 14.8 Å². The topological polar surface area (TPSA) is 154 Å². The van der Waals surface area contributed by atoms with Crippen molar-refractivity contribution in [2.45, 2.75) is 11.3 Å². The van der Waals surface area contributed by atoms with Crippen LogP contribution in [0.4, 0.5) is 20.2 Å². The van der Waals surface area contributed by atoms with E-state index >= 15 is 0 Å². The predicted molar refractivity (Wildman–Crippen MR) is 105 cm³/mol. The molecule has 2 aromatic rings. The van der Waals surface area contributed by atoms with Gasteiger partial charge in [-0.05, 0) is 30.3 Å². The van der Waals surface area contributed by atoms with Gasteiger partial charge in [0.25, 0.3) is 11.6 Å². The molecule has 0 bridgehead atoms. The standard InChI is InChI=1S/C18H17F2N3O8S/c1-30-11-2-5-15(16(8-11)23(26)27)22-17(24)10-31-18(25)6-7-21-32(28,29)12-3-4-13(19)14(20)9-12/h2-5,8-9,21H,6-7,10H2,1H3,(H,22,24). The average molecular weight is 473 g/mol. The van der Waals surface area contributed by atoms with E-state index in [1.807, 2.05) is 4.72 Å². The molecular formula is C18H17F2N3O8S. The first-order chi connectivity index (χ1) is 15.0. The number of carbonyl (C=O) groups excluding carboxylic acids is 2. The molecule has 0 heterocycles. The Morgan fingerprint density at radius 3 is 2.47 bits per heavy atom. The fraction of sp³-hybridized carbons (Fsp3) is 0.222. The van der Waals surface area contributed by atoms with Crippen LogP contribution >= 0.6 is 0 Å². The van der Waals surface area contributed by atoms with Crippen LogP contribution in [0, 0.1) is 21.7 Å². The van der Waals surface area contributed by atoms with Crippen LogP contribution in [0.3, 0.4) is 0 Å². The molecule has 0 unspecified atom stereocenters. The summed E-state index contributed by atoms with van der Waals surface area (Å²) in [5, 5.41) is 13.3. The zero-order valence-corrected chi connectivity index (χ0v) is 17.3. The van der Waals surface area contributed by atoms with Gasteiger partial charge in [-0.15, -0.1) is 0 Å². The molecule has 0 spiro atoms. The van der Waals surface area contributed by atoms with Crippen LogP contribution in [0.15, 0.2) is 41.3 Å². The number of sulfonamides is 1. The number of hydrogen-bond acceptors (Lipinski definition) is 8. The number of methoxy groups -OCH3 is 1. The van der Waals surface area contributed by atoms with Crippen LogP contribution in [-0.4, -0.2) is 45.5 Å². The molecule has 0 fully saturated rings. The van der Waals surface area contributed by atoms with Gasteiger partial charge in [0.2, 0.25) is 10.0 Å². The first-order valence-electron chi connectivity index (χ1n) is 8.76. The van der Waals surface area contributed by atoms with Crippen molar-refractivity contribution in [3.8, 4) is 5.75 Å². The highest BCUT2D eigenvalue weighted by Gasteiger charge is 2.19. The maximum Gasteiger partial charge on any atom is 0.307 e. The van der Waals surface area contributed by atoms with Crippen LogP contribution in [0.2, 0.25) is 0 Å². The molecule has 0 aliphatic rings. The normalized spacial score (nSPS) is 11.0. The Bertz CT molecular complexity index is 1140. The zero-order chi connectivity index (χ0) is 23.9. The first kappa shape index (κ1) is 24.6. The van der Waals surface area contributed by atoms with Gasteiger partial charge in [-0.25, -0.2) is 21.9 Å². The number of nitrogens with one attached hydrogen (secondary N) is 2. The van der Waals surface area contributed by atoms with Crippen molar-refractivity contribution in [1.82, 2.24) is 4.72 Å². The highest BCUT2D eigenvalue weighted by atomic mass is 32.2. The summed E-state index contributed by atoms with van der Waals surface area (Å²) >= 11 is 0. The number of hydrogen-bond donors (Lipinski definition) is 2. The Kier molecular flexibility index (Phi) is 8.15. The first-order valence-corrected chi connectivity index (χ1v) is 10.2. The van der Waals surface area contributed by atoms with Crippen LogP contribution in [-0.2, 0) is 24.3 Å². The molecule has 2 N–H and O–H groups in total. The molecule has 0 atom stereocenters. The smallest absolute Gasteiger partial charge is 0.307 e. The molecule has 172 valence electrons. The number of nitro groups is 1. The number of ether oxygens (including phenoxy) is 2. The van der Waals surface area contributed by atoms with Crippen molar-refractivity contribution < 1.29 is 41.2 Å². The highest BCUT2D eigenvalue weighted by Crippen LogP contribution is 2.28. The molecule has 2 rings (SSSR count). The van der Waals surface area contributed by atoms with E-state index in [0.717, 1.165) is 12.1 Å². The molecule has 11 nitrogen and oxygen atoms in total.